The summed E-state index contributed by atoms with van der Waals surface area (Å²) < 4.78 is 8.93. The van der Waals surface area contributed by atoms with Gasteiger partial charge in [0.05, 0.1) is 5.57 Å². The summed E-state index contributed by atoms with van der Waals surface area (Å²) in [5.74, 6) is -0.326. The van der Waals surface area contributed by atoms with E-state index in [1.807, 2.05) is 55.5 Å². The predicted molar refractivity (Wildman–Crippen MR) is 158 cm³/mol. The van der Waals surface area contributed by atoms with Crippen LogP contribution in [0.2, 0.25) is 0 Å². The molecule has 0 amide bonds. The maximum atomic E-state index is 14.0. The zero-order valence-electron chi connectivity index (χ0n) is 22.3. The van der Waals surface area contributed by atoms with E-state index in [0.29, 0.717) is 12.1 Å². The molecule has 1 atom stereocenters. The third-order valence-corrected chi connectivity index (χ3v) is 8.16. The molecule has 3 aromatic carbocycles. The van der Waals surface area contributed by atoms with Gasteiger partial charge in [0.1, 0.15) is 0 Å². The summed E-state index contributed by atoms with van der Waals surface area (Å²) >= 11 is 0. The lowest BCUT2D eigenvalue weighted by molar-refractivity contribution is -0.142. The van der Waals surface area contributed by atoms with E-state index in [4.69, 9.17) is 4.74 Å². The first-order valence-corrected chi connectivity index (χ1v) is 13.3. The number of fused-ring (bicyclic) bond motifs is 3. The van der Waals surface area contributed by atoms with Crippen molar-refractivity contribution >= 4 is 44.3 Å². The third kappa shape index (κ3) is 3.16. The van der Waals surface area contributed by atoms with E-state index in [1.54, 1.807) is 0 Å². The number of hydrogen-bond donors (Lipinski definition) is 2. The highest BCUT2D eigenvalue weighted by molar-refractivity contribution is 6.23. The van der Waals surface area contributed by atoms with Gasteiger partial charge in [0, 0.05) is 73.0 Å². The van der Waals surface area contributed by atoms with Gasteiger partial charge >= 0.3 is 5.97 Å². The Morgan fingerprint density at radius 1 is 0.821 bits per heavy atom. The molecule has 4 heterocycles. The molecule has 192 valence electrons. The Hall–Kier alpha value is -4.77. The largest absolute Gasteiger partial charge is 0.441 e. The number of H-pyrrole nitrogens is 2. The van der Waals surface area contributed by atoms with Crippen molar-refractivity contribution in [3.63, 3.8) is 0 Å². The number of para-hydroxylation sites is 3. The minimum absolute atomic E-state index is 0.326. The fraction of sp³-hybridized carbons (Fsp3) is 0.147. The molecule has 0 aliphatic carbocycles. The molecule has 1 aliphatic rings. The summed E-state index contributed by atoms with van der Waals surface area (Å²) in [7, 11) is 0. The Balaban J connectivity index is 1.63. The maximum absolute atomic E-state index is 14.0. The van der Waals surface area contributed by atoms with Crippen molar-refractivity contribution in [2.45, 2.75) is 32.9 Å². The molecule has 6 aromatic rings. The molecule has 7 rings (SSSR count). The van der Waals surface area contributed by atoms with Crippen LogP contribution in [-0.4, -0.2) is 20.5 Å². The lowest BCUT2D eigenvalue weighted by Gasteiger charge is -2.29. The number of aromatic amines is 2. The number of cyclic esters (lactones) is 1. The number of aromatic nitrogens is 3. The normalized spacial score (nSPS) is 17.3. The van der Waals surface area contributed by atoms with Crippen LogP contribution < -0.4 is 0 Å². The molecular weight excluding hydrogens is 482 g/mol. The molecule has 5 nitrogen and oxygen atoms in total. The summed E-state index contributed by atoms with van der Waals surface area (Å²) in [6, 6.07) is 24.7. The van der Waals surface area contributed by atoms with E-state index in [1.165, 1.54) is 0 Å². The van der Waals surface area contributed by atoms with Gasteiger partial charge in [-0.1, -0.05) is 60.7 Å². The molecule has 5 heteroatoms. The average Bonchev–Trinajstić information content (AvgIpc) is 3.63. The Bertz CT molecular complexity index is 2000. The van der Waals surface area contributed by atoms with Crippen molar-refractivity contribution < 1.29 is 9.53 Å². The van der Waals surface area contributed by atoms with Gasteiger partial charge in [-0.3, -0.25) is 0 Å². The number of ether oxygens (including phenoxy) is 1. The van der Waals surface area contributed by atoms with Gasteiger partial charge in [-0.25, -0.2) is 4.79 Å². The van der Waals surface area contributed by atoms with Crippen molar-refractivity contribution in [1.29, 1.82) is 0 Å². The molecule has 39 heavy (non-hydrogen) atoms. The number of benzene rings is 3. The van der Waals surface area contributed by atoms with Gasteiger partial charge in [-0.05, 0) is 45.0 Å². The van der Waals surface area contributed by atoms with Crippen LogP contribution in [0.15, 0.2) is 91.5 Å². The van der Waals surface area contributed by atoms with Crippen LogP contribution >= 0.6 is 0 Å². The predicted octanol–water partition coefficient (Wildman–Crippen LogP) is 7.60. The van der Waals surface area contributed by atoms with Crippen LogP contribution in [0.4, 0.5) is 0 Å². The highest BCUT2D eigenvalue weighted by Crippen LogP contribution is 2.51. The minimum atomic E-state index is -1.13. The van der Waals surface area contributed by atoms with E-state index < -0.39 is 5.60 Å². The van der Waals surface area contributed by atoms with Gasteiger partial charge in [0.2, 0.25) is 0 Å². The number of aryl methyl sites for hydroxylation is 2. The molecule has 1 unspecified atom stereocenters. The van der Waals surface area contributed by atoms with E-state index in [0.717, 1.165) is 66.5 Å². The molecule has 3 aromatic heterocycles. The quantitative estimate of drug-likeness (QED) is 0.185. The zero-order chi connectivity index (χ0) is 26.9. The highest BCUT2D eigenvalue weighted by atomic mass is 16.6. The number of nitrogens with one attached hydrogen (secondary N) is 2. The highest BCUT2D eigenvalue weighted by Gasteiger charge is 2.49. The van der Waals surface area contributed by atoms with Crippen LogP contribution in [0.25, 0.3) is 38.3 Å². The van der Waals surface area contributed by atoms with Crippen molar-refractivity contribution in [3.8, 4) is 0 Å². The molecule has 0 radical (unpaired) electrons. The Labute approximate surface area is 226 Å². The number of carbonyl (C=O) groups is 1. The summed E-state index contributed by atoms with van der Waals surface area (Å²) in [5, 5.41) is 3.11. The van der Waals surface area contributed by atoms with Crippen molar-refractivity contribution in [2.24, 2.45) is 0 Å². The Kier molecular flexibility index (Phi) is 5.01. The van der Waals surface area contributed by atoms with Gasteiger partial charge in [-0.15, -0.1) is 6.58 Å². The standard InChI is InChI=1S/C34H29N3O2/c1-5-18-37-22(4)32(25-14-8-11-17-29(25)37)34(31-21(3)36-28-16-10-7-13-24(28)31)19-26(33(38)39-34)30-20(2)35-27-15-9-6-12-23(27)30/h5-17,19,35-36H,1,18H2,2-4H3. The first kappa shape index (κ1) is 23.4. The van der Waals surface area contributed by atoms with Crippen LogP contribution in [0, 0.1) is 20.8 Å². The van der Waals surface area contributed by atoms with Gasteiger partial charge in [0.15, 0.2) is 5.60 Å². The monoisotopic (exact) mass is 511 g/mol. The topological polar surface area (TPSA) is 62.8 Å². The van der Waals surface area contributed by atoms with Crippen molar-refractivity contribution in [1.82, 2.24) is 14.5 Å². The number of nitrogens with zero attached hydrogens (tertiary/aromatic N) is 1. The van der Waals surface area contributed by atoms with Crippen LogP contribution in [0.1, 0.15) is 33.8 Å². The second-order valence-electron chi connectivity index (χ2n) is 10.4. The molecule has 0 saturated carbocycles. The first-order chi connectivity index (χ1) is 18.9. The number of rotatable bonds is 5. The lowest BCUT2D eigenvalue weighted by atomic mass is 9.82. The van der Waals surface area contributed by atoms with E-state index in [2.05, 4.69) is 71.4 Å². The molecule has 1 aliphatic heterocycles. The van der Waals surface area contributed by atoms with E-state index >= 15 is 0 Å². The molecule has 0 fully saturated rings. The number of hydrogen-bond acceptors (Lipinski definition) is 2. The lowest BCUT2D eigenvalue weighted by Crippen LogP contribution is -2.29. The SMILES string of the molecule is C=CCn1c(C)c(C2(c3c(C)[nH]c4ccccc34)C=C(c3c(C)[nH]c4ccccc34)C(=O)O2)c2ccccc21. The smallest absolute Gasteiger partial charge is 0.340 e. The fourth-order valence-corrected chi connectivity index (χ4v) is 6.68. The summed E-state index contributed by atoms with van der Waals surface area (Å²) in [6.07, 6.45) is 3.97. The van der Waals surface area contributed by atoms with E-state index in [-0.39, 0.29) is 5.97 Å². The average molecular weight is 512 g/mol. The van der Waals surface area contributed by atoms with Crippen LogP contribution in [-0.2, 0) is 21.7 Å². The van der Waals surface area contributed by atoms with Crippen LogP contribution in [0.3, 0.4) is 0 Å². The van der Waals surface area contributed by atoms with Crippen LogP contribution in [0.5, 0.6) is 0 Å². The third-order valence-electron chi connectivity index (χ3n) is 8.16. The zero-order valence-corrected chi connectivity index (χ0v) is 22.3. The first-order valence-electron chi connectivity index (χ1n) is 13.3. The van der Waals surface area contributed by atoms with Crippen molar-refractivity contribution in [2.75, 3.05) is 0 Å². The second kappa shape index (κ2) is 8.37. The fourth-order valence-electron chi connectivity index (χ4n) is 6.68. The molecule has 2 N–H and O–H groups in total. The van der Waals surface area contributed by atoms with E-state index in [9.17, 15) is 4.79 Å². The van der Waals surface area contributed by atoms with Gasteiger partial charge in [0.25, 0.3) is 0 Å². The van der Waals surface area contributed by atoms with Gasteiger partial charge in [-0.2, -0.15) is 0 Å². The summed E-state index contributed by atoms with van der Waals surface area (Å²) in [6.45, 7) is 10.8. The Morgan fingerprint density at radius 3 is 2.18 bits per heavy atom. The Morgan fingerprint density at radius 2 is 1.44 bits per heavy atom. The second-order valence-corrected chi connectivity index (χ2v) is 10.4. The summed E-state index contributed by atoms with van der Waals surface area (Å²) in [4.78, 5) is 21.1. The summed E-state index contributed by atoms with van der Waals surface area (Å²) in [5.41, 5.74) is 8.33. The number of carbonyl (C=O) groups excluding carboxylic acids is 1. The number of allylic oxidation sites excluding steroid dienone is 1. The van der Waals surface area contributed by atoms with Crippen molar-refractivity contribution in [3.05, 3.63) is 125 Å². The molecule has 0 bridgehead atoms. The molecule has 0 saturated heterocycles. The van der Waals surface area contributed by atoms with Gasteiger partial charge < -0.3 is 19.3 Å². The minimum Gasteiger partial charge on any atom is -0.441 e. The maximum Gasteiger partial charge on any atom is 0.340 e. The molecular formula is C34H29N3O2. The number of esters is 1. The molecule has 0 spiro atoms.